The Hall–Kier alpha value is -1.42. The van der Waals surface area contributed by atoms with Gasteiger partial charge in [0, 0.05) is 11.8 Å². The van der Waals surface area contributed by atoms with Gasteiger partial charge in [0.25, 0.3) is 5.91 Å². The van der Waals surface area contributed by atoms with Crippen LogP contribution in [0, 0.1) is 0 Å². The third kappa shape index (κ3) is 0.798. The van der Waals surface area contributed by atoms with Crippen LogP contribution < -0.4 is 5.84 Å². The monoisotopic (exact) mass is 149 g/mol. The van der Waals surface area contributed by atoms with Crippen molar-refractivity contribution in [1.29, 1.82) is 0 Å². The molecule has 0 aliphatic carbocycles. The van der Waals surface area contributed by atoms with Crippen LogP contribution in [0.5, 0.6) is 0 Å². The maximum absolute atomic E-state index is 11.1. The molecule has 4 nitrogen and oxygen atoms in total. The van der Waals surface area contributed by atoms with Crippen molar-refractivity contribution in [1.82, 2.24) is 9.99 Å². The fraction of sp³-hybridized carbons (Fsp3) is 0.143. The van der Waals surface area contributed by atoms with Crippen molar-refractivity contribution in [2.24, 2.45) is 5.84 Å². The lowest BCUT2D eigenvalue weighted by Crippen LogP contribution is -2.30. The molecule has 4 heteroatoms. The van der Waals surface area contributed by atoms with Gasteiger partial charge in [0.15, 0.2) is 0 Å². The summed E-state index contributed by atoms with van der Waals surface area (Å²) in [6.07, 6.45) is 1.59. The van der Waals surface area contributed by atoms with E-state index in [4.69, 9.17) is 5.84 Å². The molecule has 0 aromatic carbocycles. The Labute approximate surface area is 63.6 Å². The number of carbonyl (C=O) groups is 1. The van der Waals surface area contributed by atoms with E-state index in [0.29, 0.717) is 12.2 Å². The number of aromatic nitrogens is 1. The molecule has 56 valence electrons. The third-order valence-corrected chi connectivity index (χ3v) is 1.70. The quantitative estimate of drug-likeness (QED) is 0.414. The number of pyridine rings is 1. The topological polar surface area (TPSA) is 59.2 Å². The highest BCUT2D eigenvalue weighted by Gasteiger charge is 2.25. The second kappa shape index (κ2) is 2.03. The fourth-order valence-electron chi connectivity index (χ4n) is 1.15. The van der Waals surface area contributed by atoms with Gasteiger partial charge in [0.1, 0.15) is 5.69 Å². The molecule has 11 heavy (non-hydrogen) atoms. The van der Waals surface area contributed by atoms with Crippen molar-refractivity contribution in [2.75, 3.05) is 0 Å². The lowest BCUT2D eigenvalue weighted by Gasteiger charge is -2.03. The molecule has 0 fully saturated rings. The van der Waals surface area contributed by atoms with Gasteiger partial charge in [-0.3, -0.25) is 14.8 Å². The number of nitrogens with two attached hydrogens (primary N) is 1. The van der Waals surface area contributed by atoms with E-state index in [1.807, 2.05) is 6.07 Å². The van der Waals surface area contributed by atoms with Gasteiger partial charge in [0.2, 0.25) is 0 Å². The molecule has 0 spiro atoms. The molecule has 2 N–H and O–H groups in total. The van der Waals surface area contributed by atoms with E-state index in [1.54, 1.807) is 12.3 Å². The van der Waals surface area contributed by atoms with Gasteiger partial charge < -0.3 is 0 Å². The number of nitrogens with zero attached hydrogens (tertiary/aromatic N) is 2. The van der Waals surface area contributed by atoms with Gasteiger partial charge in [-0.05, 0) is 6.07 Å². The van der Waals surface area contributed by atoms with E-state index in [1.165, 1.54) is 0 Å². The number of hydrogen-bond donors (Lipinski definition) is 1. The van der Waals surface area contributed by atoms with Crippen LogP contribution in [0.25, 0.3) is 0 Å². The molecular weight excluding hydrogens is 142 g/mol. The number of hydrazine groups is 1. The van der Waals surface area contributed by atoms with Crippen molar-refractivity contribution in [2.45, 2.75) is 6.54 Å². The largest absolute Gasteiger partial charge is 0.287 e. The molecule has 2 heterocycles. The van der Waals surface area contributed by atoms with Crippen LogP contribution >= 0.6 is 0 Å². The Bertz CT molecular complexity index is 310. The van der Waals surface area contributed by atoms with Crippen molar-refractivity contribution in [3.63, 3.8) is 0 Å². The second-order valence-corrected chi connectivity index (χ2v) is 2.44. The normalized spacial score (nSPS) is 15.4. The summed E-state index contributed by atoms with van der Waals surface area (Å²) >= 11 is 0. The first-order valence-corrected chi connectivity index (χ1v) is 3.29. The predicted molar refractivity (Wildman–Crippen MR) is 38.3 cm³/mol. The number of fused-ring (bicyclic) bond motifs is 1. The summed E-state index contributed by atoms with van der Waals surface area (Å²) in [5, 5.41) is 1.16. The van der Waals surface area contributed by atoms with Crippen molar-refractivity contribution in [3.8, 4) is 0 Å². The van der Waals surface area contributed by atoms with Gasteiger partial charge in [-0.2, -0.15) is 0 Å². The van der Waals surface area contributed by atoms with Crippen LogP contribution in [-0.4, -0.2) is 15.9 Å². The van der Waals surface area contributed by atoms with Gasteiger partial charge >= 0.3 is 0 Å². The molecule has 0 radical (unpaired) electrons. The number of rotatable bonds is 0. The lowest BCUT2D eigenvalue weighted by atomic mass is 10.2. The SMILES string of the molecule is NN1Cc2cccnc2C1=O. The zero-order valence-corrected chi connectivity index (χ0v) is 5.82. The van der Waals surface area contributed by atoms with E-state index in [-0.39, 0.29) is 5.91 Å². The highest BCUT2D eigenvalue weighted by atomic mass is 16.2. The molecule has 2 rings (SSSR count). The Balaban J connectivity index is 2.55. The Morgan fingerprint density at radius 1 is 1.64 bits per heavy atom. The van der Waals surface area contributed by atoms with Crippen LogP contribution in [0.15, 0.2) is 18.3 Å². The highest BCUT2D eigenvalue weighted by Crippen LogP contribution is 2.16. The fourth-order valence-corrected chi connectivity index (χ4v) is 1.15. The first-order valence-electron chi connectivity index (χ1n) is 3.29. The summed E-state index contributed by atoms with van der Waals surface area (Å²) in [6.45, 7) is 0.474. The molecule has 1 aromatic heterocycles. The average Bonchev–Trinajstić information content (AvgIpc) is 2.30. The molecule has 1 aliphatic heterocycles. The molecule has 1 aromatic rings. The summed E-state index contributed by atoms with van der Waals surface area (Å²) in [5.74, 6) is 5.18. The minimum absolute atomic E-state index is 0.194. The van der Waals surface area contributed by atoms with E-state index in [2.05, 4.69) is 4.98 Å². The number of carbonyl (C=O) groups excluding carboxylic acids is 1. The molecule has 0 bridgehead atoms. The first-order chi connectivity index (χ1) is 5.29. The minimum Gasteiger partial charge on any atom is -0.271 e. The van der Waals surface area contributed by atoms with Crippen molar-refractivity contribution < 1.29 is 4.79 Å². The van der Waals surface area contributed by atoms with E-state index >= 15 is 0 Å². The van der Waals surface area contributed by atoms with Crippen molar-refractivity contribution >= 4 is 5.91 Å². The highest BCUT2D eigenvalue weighted by molar-refractivity contribution is 5.95. The van der Waals surface area contributed by atoms with Crippen molar-refractivity contribution in [3.05, 3.63) is 29.6 Å². The van der Waals surface area contributed by atoms with E-state index < -0.39 is 0 Å². The Morgan fingerprint density at radius 2 is 2.45 bits per heavy atom. The molecule has 0 saturated carbocycles. The number of hydrogen-bond acceptors (Lipinski definition) is 3. The third-order valence-electron chi connectivity index (χ3n) is 1.70. The zero-order chi connectivity index (χ0) is 7.84. The molecule has 1 aliphatic rings. The average molecular weight is 149 g/mol. The lowest BCUT2D eigenvalue weighted by molar-refractivity contribution is 0.0774. The van der Waals surface area contributed by atoms with Gasteiger partial charge in [0.05, 0.1) is 6.54 Å². The molecule has 1 amide bonds. The van der Waals surface area contributed by atoms with Crippen LogP contribution in [0.4, 0.5) is 0 Å². The Morgan fingerprint density at radius 3 is 3.18 bits per heavy atom. The minimum atomic E-state index is -0.194. The smallest absolute Gasteiger partial charge is 0.271 e. The maximum atomic E-state index is 11.1. The maximum Gasteiger partial charge on any atom is 0.287 e. The summed E-state index contributed by atoms with van der Waals surface area (Å²) in [4.78, 5) is 15.1. The molecular formula is C7H7N3O. The molecule has 0 saturated heterocycles. The summed E-state index contributed by atoms with van der Waals surface area (Å²) in [6, 6.07) is 3.65. The van der Waals surface area contributed by atoms with Crippen LogP contribution in [0.2, 0.25) is 0 Å². The predicted octanol–water partition coefficient (Wildman–Crippen LogP) is -0.0889. The zero-order valence-electron chi connectivity index (χ0n) is 5.82. The standard InChI is InChI=1S/C7H7N3O/c8-10-4-5-2-1-3-9-6(5)7(10)11/h1-3H,4,8H2. The van der Waals surface area contributed by atoms with Crippen LogP contribution in [-0.2, 0) is 6.54 Å². The summed E-state index contributed by atoms with van der Waals surface area (Å²) in [5.41, 5.74) is 1.38. The van der Waals surface area contributed by atoms with Crippen LogP contribution in [0.3, 0.4) is 0 Å². The molecule has 0 atom stereocenters. The summed E-state index contributed by atoms with van der Waals surface area (Å²) < 4.78 is 0. The first kappa shape index (κ1) is 6.30. The number of amides is 1. The van der Waals surface area contributed by atoms with Gasteiger partial charge in [-0.15, -0.1) is 0 Å². The summed E-state index contributed by atoms with van der Waals surface area (Å²) in [7, 11) is 0. The van der Waals surface area contributed by atoms with E-state index in [0.717, 1.165) is 10.6 Å². The Kier molecular flexibility index (Phi) is 1.16. The van der Waals surface area contributed by atoms with E-state index in [9.17, 15) is 4.79 Å². The van der Waals surface area contributed by atoms with Gasteiger partial charge in [-0.25, -0.2) is 5.84 Å². The van der Waals surface area contributed by atoms with Gasteiger partial charge in [-0.1, -0.05) is 6.07 Å². The molecule has 0 unspecified atom stereocenters. The second-order valence-electron chi connectivity index (χ2n) is 2.44. The van der Waals surface area contributed by atoms with Crippen LogP contribution in [0.1, 0.15) is 16.1 Å².